The van der Waals surface area contributed by atoms with Gasteiger partial charge in [-0.2, -0.15) is 0 Å². The molecule has 0 aliphatic carbocycles. The first-order valence-corrected chi connectivity index (χ1v) is 6.27. The van der Waals surface area contributed by atoms with Crippen molar-refractivity contribution >= 4 is 0 Å². The molecule has 0 fully saturated rings. The van der Waals surface area contributed by atoms with Gasteiger partial charge in [0.1, 0.15) is 0 Å². The van der Waals surface area contributed by atoms with Gasteiger partial charge in [-0.3, -0.25) is 0 Å². The molecule has 17 heavy (non-hydrogen) atoms. The van der Waals surface area contributed by atoms with Crippen LogP contribution in [0.1, 0.15) is 39.5 Å². The van der Waals surface area contributed by atoms with Crippen molar-refractivity contribution in [1.82, 2.24) is 5.32 Å². The van der Waals surface area contributed by atoms with E-state index in [1.165, 1.54) is 0 Å². The van der Waals surface area contributed by atoms with E-state index in [2.05, 4.69) is 19.2 Å². The first kappa shape index (κ1) is 16.8. The first-order valence-electron chi connectivity index (χ1n) is 6.27. The van der Waals surface area contributed by atoms with E-state index in [1.807, 2.05) is 0 Å². The predicted molar refractivity (Wildman–Crippen MR) is 65.4 cm³/mol. The molecule has 0 amide bonds. The predicted octanol–water partition coefficient (Wildman–Crippen LogP) is 2.08. The molecule has 0 saturated carbocycles. The lowest BCUT2D eigenvalue weighted by molar-refractivity contribution is -0.226. The Morgan fingerprint density at radius 1 is 0.824 bits per heavy atom. The van der Waals surface area contributed by atoms with Crippen molar-refractivity contribution in [3.8, 4) is 0 Å². The van der Waals surface area contributed by atoms with Crippen molar-refractivity contribution in [2.24, 2.45) is 0 Å². The smallest absolute Gasteiger partial charge is 0.236 e. The summed E-state index contributed by atoms with van der Waals surface area (Å²) >= 11 is 0. The number of hydrogen-bond acceptors (Lipinski definition) is 4. The molecule has 0 heterocycles. The summed E-state index contributed by atoms with van der Waals surface area (Å²) in [5, 5.41) is 4.17. The molecule has 2 atom stereocenters. The van der Waals surface area contributed by atoms with Crippen molar-refractivity contribution < 1.29 is 18.9 Å². The van der Waals surface area contributed by atoms with E-state index in [0.717, 1.165) is 25.7 Å². The van der Waals surface area contributed by atoms with Crippen LogP contribution < -0.4 is 5.32 Å². The summed E-state index contributed by atoms with van der Waals surface area (Å²) in [6.07, 6.45) is 2.91. The lowest BCUT2D eigenvalue weighted by Gasteiger charge is -2.21. The Hall–Kier alpha value is -0.200. The molecule has 0 spiro atoms. The molecule has 0 aromatic rings. The topological polar surface area (TPSA) is 51.0 Å². The second-order valence-electron chi connectivity index (χ2n) is 3.68. The molecule has 1 radical (unpaired) electrons. The van der Waals surface area contributed by atoms with Gasteiger partial charge in [0.2, 0.25) is 12.8 Å². The maximum absolute atomic E-state index is 5.42. The van der Waals surface area contributed by atoms with E-state index in [1.54, 1.807) is 14.2 Å². The van der Waals surface area contributed by atoms with Crippen LogP contribution in [0.15, 0.2) is 0 Å². The van der Waals surface area contributed by atoms with E-state index in [4.69, 9.17) is 18.9 Å². The molecule has 0 aromatic heterocycles. The molecule has 0 aliphatic heterocycles. The van der Waals surface area contributed by atoms with Crippen molar-refractivity contribution in [2.75, 3.05) is 27.4 Å². The fourth-order valence-electron chi connectivity index (χ4n) is 1.10. The van der Waals surface area contributed by atoms with E-state index < -0.39 is 12.8 Å². The van der Waals surface area contributed by atoms with Gasteiger partial charge in [0.15, 0.2) is 0 Å². The van der Waals surface area contributed by atoms with Gasteiger partial charge in [0.05, 0.1) is 13.2 Å². The fourth-order valence-corrected chi connectivity index (χ4v) is 1.10. The van der Waals surface area contributed by atoms with Crippen LogP contribution in [0.3, 0.4) is 0 Å². The third kappa shape index (κ3) is 9.50. The van der Waals surface area contributed by atoms with Crippen LogP contribution in [0.25, 0.3) is 0 Å². The summed E-state index contributed by atoms with van der Waals surface area (Å²) in [6.45, 7) is 5.47. The third-order valence-corrected chi connectivity index (χ3v) is 2.16. The standard InChI is InChI=1S/C12H26NO4/c1-5-7-9-16-11(14-3)13-12(15-4)17-10-8-6-2/h11-12H,5-10H2,1-4H3. The highest BCUT2D eigenvalue weighted by atomic mass is 16.7. The molecule has 5 heteroatoms. The second-order valence-corrected chi connectivity index (χ2v) is 3.68. The number of ether oxygens (including phenoxy) is 4. The number of hydrogen-bond donors (Lipinski definition) is 0. The first-order chi connectivity index (χ1) is 8.28. The van der Waals surface area contributed by atoms with Gasteiger partial charge < -0.3 is 18.9 Å². The SMILES string of the molecule is CCCCOC([N]C(OC)OCCCC)OC. The summed E-state index contributed by atoms with van der Waals surface area (Å²) in [4.78, 5) is 0. The highest BCUT2D eigenvalue weighted by molar-refractivity contribution is 4.44. The molecule has 5 nitrogen and oxygen atoms in total. The van der Waals surface area contributed by atoms with Crippen LogP contribution in [0.4, 0.5) is 0 Å². The molecular formula is C12H26NO4. The maximum atomic E-state index is 5.42. The van der Waals surface area contributed by atoms with Gasteiger partial charge in [0.25, 0.3) is 0 Å². The van der Waals surface area contributed by atoms with E-state index in [9.17, 15) is 0 Å². The monoisotopic (exact) mass is 248 g/mol. The van der Waals surface area contributed by atoms with E-state index in [-0.39, 0.29) is 0 Å². The zero-order chi connectivity index (χ0) is 12.9. The normalized spacial score (nSPS) is 14.8. The van der Waals surface area contributed by atoms with Crippen LogP contribution in [0, 0.1) is 0 Å². The Labute approximate surface area is 105 Å². The molecule has 2 unspecified atom stereocenters. The summed E-state index contributed by atoms with van der Waals surface area (Å²) in [5.74, 6) is 0. The summed E-state index contributed by atoms with van der Waals surface area (Å²) < 4.78 is 21.0. The number of rotatable bonds is 12. The zero-order valence-electron chi connectivity index (χ0n) is 11.5. The van der Waals surface area contributed by atoms with Gasteiger partial charge >= 0.3 is 0 Å². The molecule has 0 N–H and O–H groups in total. The average molecular weight is 248 g/mol. The summed E-state index contributed by atoms with van der Waals surface area (Å²) in [7, 11) is 3.11. The zero-order valence-corrected chi connectivity index (χ0v) is 11.5. The molecular weight excluding hydrogens is 222 g/mol. The minimum Gasteiger partial charge on any atom is -0.342 e. The van der Waals surface area contributed by atoms with Crippen molar-refractivity contribution in [3.63, 3.8) is 0 Å². The quantitative estimate of drug-likeness (QED) is 0.392. The lowest BCUT2D eigenvalue weighted by atomic mass is 10.4. The van der Waals surface area contributed by atoms with Gasteiger partial charge in [-0.25, -0.2) is 0 Å². The molecule has 0 aliphatic rings. The Kier molecular flexibility index (Phi) is 12.1. The van der Waals surface area contributed by atoms with Crippen LogP contribution in [0.5, 0.6) is 0 Å². The van der Waals surface area contributed by atoms with Gasteiger partial charge in [-0.15, -0.1) is 5.32 Å². The number of methoxy groups -OCH3 is 2. The molecule has 0 bridgehead atoms. The average Bonchev–Trinajstić information content (AvgIpc) is 2.36. The Morgan fingerprint density at radius 2 is 1.24 bits per heavy atom. The molecule has 0 saturated heterocycles. The van der Waals surface area contributed by atoms with Crippen molar-refractivity contribution in [3.05, 3.63) is 0 Å². The van der Waals surface area contributed by atoms with E-state index in [0.29, 0.717) is 13.2 Å². The Morgan fingerprint density at radius 3 is 1.53 bits per heavy atom. The largest absolute Gasteiger partial charge is 0.342 e. The molecule has 0 aromatic carbocycles. The van der Waals surface area contributed by atoms with Crippen LogP contribution >= 0.6 is 0 Å². The van der Waals surface area contributed by atoms with Crippen molar-refractivity contribution in [2.45, 2.75) is 52.4 Å². The fraction of sp³-hybridized carbons (Fsp3) is 1.00. The summed E-state index contributed by atoms with van der Waals surface area (Å²) in [5.41, 5.74) is 0. The minimum atomic E-state index is -0.617. The van der Waals surface area contributed by atoms with Crippen LogP contribution in [-0.4, -0.2) is 40.3 Å². The minimum absolute atomic E-state index is 0.617. The highest BCUT2D eigenvalue weighted by Gasteiger charge is 2.16. The Balaban J connectivity index is 3.77. The molecule has 0 rings (SSSR count). The Bertz CT molecular complexity index is 141. The summed E-state index contributed by atoms with van der Waals surface area (Å²) in [6, 6.07) is 0. The number of unbranched alkanes of at least 4 members (excludes halogenated alkanes) is 2. The van der Waals surface area contributed by atoms with Crippen molar-refractivity contribution in [1.29, 1.82) is 0 Å². The third-order valence-electron chi connectivity index (χ3n) is 2.16. The lowest BCUT2D eigenvalue weighted by Crippen LogP contribution is -2.38. The van der Waals surface area contributed by atoms with Crippen LogP contribution in [-0.2, 0) is 18.9 Å². The van der Waals surface area contributed by atoms with E-state index >= 15 is 0 Å². The van der Waals surface area contributed by atoms with Crippen LogP contribution in [0.2, 0.25) is 0 Å². The maximum Gasteiger partial charge on any atom is 0.236 e. The van der Waals surface area contributed by atoms with Gasteiger partial charge in [0, 0.05) is 14.2 Å². The van der Waals surface area contributed by atoms with Gasteiger partial charge in [-0.1, -0.05) is 26.7 Å². The van der Waals surface area contributed by atoms with Gasteiger partial charge in [-0.05, 0) is 12.8 Å². The highest BCUT2D eigenvalue weighted by Crippen LogP contribution is 2.01. The second kappa shape index (κ2) is 12.3. The molecule has 103 valence electrons. The number of nitrogens with zero attached hydrogens (tertiary/aromatic N) is 1.